The Hall–Kier alpha value is -0.107. The van der Waals surface area contributed by atoms with Crippen LogP contribution < -0.4 is 0 Å². The second-order valence-electron chi connectivity index (χ2n) is 1.89. The number of rotatable bonds is 3. The first kappa shape index (κ1) is 9.89. The summed E-state index contributed by atoms with van der Waals surface area (Å²) in [6, 6.07) is 0. The van der Waals surface area contributed by atoms with Gasteiger partial charge >= 0.3 is 67.4 Å². The van der Waals surface area contributed by atoms with Gasteiger partial charge in [-0.05, 0) is 0 Å². The van der Waals surface area contributed by atoms with Crippen molar-refractivity contribution in [1.29, 1.82) is 0 Å². The van der Waals surface area contributed by atoms with Crippen LogP contribution in [0.4, 0.5) is 0 Å². The maximum atomic E-state index is 10.7. The van der Waals surface area contributed by atoms with Crippen LogP contribution in [0.1, 0.15) is 20.8 Å². The maximum absolute atomic E-state index is 10.7. The molecule has 0 aromatic carbocycles. The molecule has 3 nitrogen and oxygen atoms in total. The van der Waals surface area contributed by atoms with Crippen molar-refractivity contribution in [2.24, 2.45) is 0 Å². The molecule has 0 unspecified atom stereocenters. The molecule has 0 aromatic rings. The second-order valence-corrected chi connectivity index (χ2v) is 11.8. The number of carbonyl (C=O) groups is 3. The van der Waals surface area contributed by atoms with Crippen molar-refractivity contribution in [1.82, 2.24) is 0 Å². The summed E-state index contributed by atoms with van der Waals surface area (Å²) in [4.78, 5) is 32.0. The van der Waals surface area contributed by atoms with Crippen molar-refractivity contribution in [3.8, 4) is 0 Å². The predicted molar refractivity (Wildman–Crippen MR) is 37.8 cm³/mol. The second kappa shape index (κ2) is 3.92. The Labute approximate surface area is 67.5 Å². The molecule has 4 heteroatoms. The topological polar surface area (TPSA) is 51.2 Å². The molecule has 0 saturated heterocycles. The Kier molecular flexibility index (Phi) is 3.88. The van der Waals surface area contributed by atoms with E-state index in [-0.39, 0.29) is 10.5 Å². The Morgan fingerprint density at radius 3 is 1.00 bits per heavy atom. The molecule has 0 rings (SSSR count). The van der Waals surface area contributed by atoms with E-state index in [4.69, 9.17) is 0 Å². The van der Waals surface area contributed by atoms with E-state index in [2.05, 4.69) is 0 Å². The van der Waals surface area contributed by atoms with Crippen LogP contribution in [-0.4, -0.2) is 32.2 Å². The van der Waals surface area contributed by atoms with Gasteiger partial charge in [0, 0.05) is 0 Å². The molecule has 0 aliphatic carbocycles. The van der Waals surface area contributed by atoms with E-state index in [0.29, 0.717) is 0 Å². The molecule has 10 heavy (non-hydrogen) atoms. The number of carbonyl (C=O) groups excluding carboxylic acids is 3. The van der Waals surface area contributed by atoms with E-state index in [9.17, 15) is 14.4 Å². The molecule has 0 atom stereocenters. The zero-order chi connectivity index (χ0) is 8.31. The molecule has 0 bridgehead atoms. The summed E-state index contributed by atoms with van der Waals surface area (Å²) in [5.74, 6) is 0. The molecule has 0 N–H and O–H groups in total. The Bertz CT molecular complexity index is 152. The standard InChI is InChI=1S/3C2H3O.Bi/c3*1-2-3;/h3*1H3;. The van der Waals surface area contributed by atoms with E-state index in [1.165, 1.54) is 20.8 Å². The molecule has 0 spiro atoms. The predicted octanol–water partition coefficient (Wildman–Crippen LogP) is -0.134. The first-order chi connectivity index (χ1) is 4.46. The van der Waals surface area contributed by atoms with Crippen molar-refractivity contribution >= 4 is 32.2 Å². The van der Waals surface area contributed by atoms with Gasteiger partial charge in [-0.1, -0.05) is 0 Å². The van der Waals surface area contributed by atoms with Gasteiger partial charge in [-0.3, -0.25) is 0 Å². The van der Waals surface area contributed by atoms with E-state index in [0.717, 1.165) is 0 Å². The summed E-state index contributed by atoms with van der Waals surface area (Å²) in [7, 11) is 0. The van der Waals surface area contributed by atoms with E-state index < -0.39 is 21.8 Å². The third-order valence-electron chi connectivity index (χ3n) is 0.945. The summed E-state index contributed by atoms with van der Waals surface area (Å²) in [6.45, 7) is 4.00. The van der Waals surface area contributed by atoms with Gasteiger partial charge in [-0.2, -0.15) is 0 Å². The molecule has 0 heterocycles. The van der Waals surface area contributed by atoms with Crippen molar-refractivity contribution < 1.29 is 14.4 Å². The molecular formula is C6H9BiO3. The Morgan fingerprint density at radius 1 is 0.800 bits per heavy atom. The van der Waals surface area contributed by atoms with Gasteiger partial charge in [0.05, 0.1) is 0 Å². The fraction of sp³-hybridized carbons (Fsp3) is 0.500. The zero-order valence-corrected chi connectivity index (χ0v) is 9.65. The third kappa shape index (κ3) is 2.65. The normalized spacial score (nSPS) is 9.60. The van der Waals surface area contributed by atoms with Crippen LogP contribution in [0.25, 0.3) is 0 Å². The minimum absolute atomic E-state index is 0.171. The first-order valence-electron chi connectivity index (χ1n) is 2.78. The van der Waals surface area contributed by atoms with Crippen molar-refractivity contribution in [3.63, 3.8) is 0 Å². The third-order valence-corrected chi connectivity index (χ3v) is 8.29. The fourth-order valence-corrected chi connectivity index (χ4v) is 5.84. The number of hydrogen-bond acceptors (Lipinski definition) is 3. The summed E-state index contributed by atoms with van der Waals surface area (Å²) < 4.78 is -0.514. The molecule has 0 aliphatic rings. The van der Waals surface area contributed by atoms with E-state index in [1.54, 1.807) is 0 Å². The summed E-state index contributed by atoms with van der Waals surface area (Å²) in [5, 5.41) is 0. The Morgan fingerprint density at radius 2 is 1.00 bits per heavy atom. The van der Waals surface area contributed by atoms with Crippen LogP contribution in [0.3, 0.4) is 0 Å². The van der Waals surface area contributed by atoms with Crippen LogP contribution in [0.15, 0.2) is 0 Å². The minimum atomic E-state index is -3.00. The average molecular weight is 338 g/mol. The van der Waals surface area contributed by atoms with Gasteiger partial charge in [-0.15, -0.1) is 0 Å². The van der Waals surface area contributed by atoms with Gasteiger partial charge in [0.15, 0.2) is 0 Å². The van der Waals surface area contributed by atoms with Gasteiger partial charge < -0.3 is 0 Å². The van der Waals surface area contributed by atoms with Gasteiger partial charge in [-0.25, -0.2) is 0 Å². The van der Waals surface area contributed by atoms with Gasteiger partial charge in [0.25, 0.3) is 0 Å². The Balaban J connectivity index is 4.43. The first-order valence-corrected chi connectivity index (χ1v) is 8.00. The molecule has 0 fully saturated rings. The summed E-state index contributed by atoms with van der Waals surface area (Å²) in [5.41, 5.74) is 0. The number of hydrogen-bond donors (Lipinski definition) is 0. The summed E-state index contributed by atoms with van der Waals surface area (Å²) in [6.07, 6.45) is 0. The van der Waals surface area contributed by atoms with Crippen molar-refractivity contribution in [2.45, 2.75) is 20.8 Å². The summed E-state index contributed by atoms with van der Waals surface area (Å²) >= 11 is -3.00. The van der Waals surface area contributed by atoms with Crippen LogP contribution in [0, 0.1) is 0 Å². The van der Waals surface area contributed by atoms with Crippen molar-refractivity contribution in [3.05, 3.63) is 0 Å². The molecule has 0 radical (unpaired) electrons. The molecular weight excluding hydrogens is 329 g/mol. The van der Waals surface area contributed by atoms with Crippen molar-refractivity contribution in [2.75, 3.05) is 0 Å². The SMILES string of the molecule is C[C](=O)[Bi]([C](C)=O)[C](C)=O. The van der Waals surface area contributed by atoms with Crippen LogP contribution in [0.2, 0.25) is 0 Å². The van der Waals surface area contributed by atoms with Crippen LogP contribution >= 0.6 is 0 Å². The molecule has 56 valence electrons. The van der Waals surface area contributed by atoms with Crippen LogP contribution in [-0.2, 0) is 14.4 Å². The molecule has 0 aromatic heterocycles. The molecule has 0 amide bonds. The zero-order valence-electron chi connectivity index (χ0n) is 6.17. The monoisotopic (exact) mass is 338 g/mol. The quantitative estimate of drug-likeness (QED) is 0.674. The fourth-order valence-electron chi connectivity index (χ4n) is 0.665. The van der Waals surface area contributed by atoms with Crippen LogP contribution in [0.5, 0.6) is 0 Å². The van der Waals surface area contributed by atoms with E-state index >= 15 is 0 Å². The molecule has 0 saturated carbocycles. The average Bonchev–Trinajstić information content (AvgIpc) is 1.59. The van der Waals surface area contributed by atoms with Gasteiger partial charge in [0.2, 0.25) is 0 Å². The van der Waals surface area contributed by atoms with E-state index in [1.807, 2.05) is 0 Å². The van der Waals surface area contributed by atoms with Gasteiger partial charge in [0.1, 0.15) is 0 Å². The molecule has 0 aliphatic heterocycles.